The SMILES string of the molecule is CC(C)c1ccc(C#N)cc1[CH]O. The van der Waals surface area contributed by atoms with Crippen molar-refractivity contribution in [2.24, 2.45) is 0 Å². The van der Waals surface area contributed by atoms with Crippen LogP contribution < -0.4 is 0 Å². The van der Waals surface area contributed by atoms with E-state index in [1.54, 1.807) is 12.1 Å². The highest BCUT2D eigenvalue weighted by molar-refractivity contribution is 5.41. The highest BCUT2D eigenvalue weighted by atomic mass is 16.3. The van der Waals surface area contributed by atoms with Gasteiger partial charge in [-0.15, -0.1) is 0 Å². The van der Waals surface area contributed by atoms with Gasteiger partial charge in [0.05, 0.1) is 11.6 Å². The minimum Gasteiger partial charge on any atom is -0.385 e. The summed E-state index contributed by atoms with van der Waals surface area (Å²) < 4.78 is 0. The number of hydrogen-bond donors (Lipinski definition) is 1. The van der Waals surface area contributed by atoms with Crippen molar-refractivity contribution < 1.29 is 5.11 Å². The predicted molar refractivity (Wildman–Crippen MR) is 50.6 cm³/mol. The van der Waals surface area contributed by atoms with Crippen LogP contribution >= 0.6 is 0 Å². The Bertz CT molecular complexity index is 336. The van der Waals surface area contributed by atoms with Gasteiger partial charge in [0.1, 0.15) is 6.61 Å². The van der Waals surface area contributed by atoms with E-state index in [0.29, 0.717) is 11.5 Å². The molecule has 0 aliphatic heterocycles. The van der Waals surface area contributed by atoms with Crippen LogP contribution in [0.3, 0.4) is 0 Å². The summed E-state index contributed by atoms with van der Waals surface area (Å²) in [5, 5.41) is 17.6. The van der Waals surface area contributed by atoms with Crippen LogP contribution in [0.25, 0.3) is 0 Å². The molecule has 1 aromatic rings. The molecule has 2 heteroatoms. The first-order chi connectivity index (χ1) is 6.19. The lowest BCUT2D eigenvalue weighted by atomic mass is 9.96. The zero-order valence-electron chi connectivity index (χ0n) is 7.78. The van der Waals surface area contributed by atoms with Crippen LogP contribution in [-0.2, 0) is 0 Å². The number of nitrogens with zero attached hydrogens (tertiary/aromatic N) is 1. The molecule has 0 aromatic heterocycles. The van der Waals surface area contributed by atoms with Crippen molar-refractivity contribution in [2.75, 3.05) is 0 Å². The van der Waals surface area contributed by atoms with E-state index in [-0.39, 0.29) is 0 Å². The van der Waals surface area contributed by atoms with Crippen molar-refractivity contribution in [1.82, 2.24) is 0 Å². The number of hydrogen-bond acceptors (Lipinski definition) is 2. The summed E-state index contributed by atoms with van der Waals surface area (Å²) >= 11 is 0. The average Bonchev–Trinajstić information content (AvgIpc) is 2.16. The zero-order chi connectivity index (χ0) is 9.84. The lowest BCUT2D eigenvalue weighted by Crippen LogP contribution is -1.95. The number of nitriles is 1. The highest BCUT2D eigenvalue weighted by Crippen LogP contribution is 2.21. The second-order valence-corrected chi connectivity index (χ2v) is 3.24. The number of rotatable bonds is 2. The molecule has 0 saturated carbocycles. The molecule has 67 valence electrons. The fraction of sp³-hybridized carbons (Fsp3) is 0.273. The van der Waals surface area contributed by atoms with Gasteiger partial charge in [0.2, 0.25) is 0 Å². The summed E-state index contributed by atoms with van der Waals surface area (Å²) in [4.78, 5) is 0. The Morgan fingerprint density at radius 3 is 2.62 bits per heavy atom. The predicted octanol–water partition coefficient (Wildman–Crippen LogP) is 2.56. The van der Waals surface area contributed by atoms with Gasteiger partial charge in [-0.25, -0.2) is 0 Å². The maximum atomic E-state index is 8.95. The molecule has 0 atom stereocenters. The van der Waals surface area contributed by atoms with Crippen molar-refractivity contribution in [3.63, 3.8) is 0 Å². The highest BCUT2D eigenvalue weighted by Gasteiger charge is 2.06. The molecule has 0 aliphatic carbocycles. The third kappa shape index (κ3) is 2.07. The van der Waals surface area contributed by atoms with Crippen LogP contribution in [0, 0.1) is 17.9 Å². The van der Waals surface area contributed by atoms with Gasteiger partial charge < -0.3 is 5.11 Å². The van der Waals surface area contributed by atoms with E-state index >= 15 is 0 Å². The Morgan fingerprint density at radius 1 is 1.46 bits per heavy atom. The Balaban J connectivity index is 3.17. The lowest BCUT2D eigenvalue weighted by Gasteiger charge is -2.10. The van der Waals surface area contributed by atoms with Gasteiger partial charge in [-0.05, 0) is 29.2 Å². The minimum atomic E-state index is 0.353. The van der Waals surface area contributed by atoms with E-state index < -0.39 is 0 Å². The first-order valence-electron chi connectivity index (χ1n) is 4.20. The molecule has 1 N–H and O–H groups in total. The molecule has 1 aromatic carbocycles. The summed E-state index contributed by atoms with van der Waals surface area (Å²) in [6.45, 7) is 5.15. The molecule has 0 heterocycles. The van der Waals surface area contributed by atoms with E-state index in [1.807, 2.05) is 26.0 Å². The third-order valence-electron chi connectivity index (χ3n) is 1.98. The molecule has 2 nitrogen and oxygen atoms in total. The zero-order valence-corrected chi connectivity index (χ0v) is 7.78. The Hall–Kier alpha value is -1.33. The molecule has 0 saturated heterocycles. The van der Waals surface area contributed by atoms with E-state index in [4.69, 9.17) is 10.4 Å². The van der Waals surface area contributed by atoms with Crippen molar-refractivity contribution >= 4 is 0 Å². The van der Waals surface area contributed by atoms with Gasteiger partial charge in [-0.2, -0.15) is 5.26 Å². The topological polar surface area (TPSA) is 44.0 Å². The average molecular weight is 174 g/mol. The Labute approximate surface area is 78.4 Å². The molecule has 0 fully saturated rings. The Kier molecular flexibility index (Phi) is 3.05. The van der Waals surface area contributed by atoms with Gasteiger partial charge in [0.15, 0.2) is 0 Å². The summed E-state index contributed by atoms with van der Waals surface area (Å²) in [5.74, 6) is 0.353. The van der Waals surface area contributed by atoms with Crippen LogP contribution in [0.2, 0.25) is 0 Å². The van der Waals surface area contributed by atoms with Gasteiger partial charge in [0, 0.05) is 0 Å². The molecular formula is C11H12NO. The quantitative estimate of drug-likeness (QED) is 0.748. The smallest absolute Gasteiger partial charge is 0.109 e. The normalized spacial score (nSPS) is 10.1. The van der Waals surface area contributed by atoms with Gasteiger partial charge in [0.25, 0.3) is 0 Å². The molecule has 0 amide bonds. The van der Waals surface area contributed by atoms with E-state index in [0.717, 1.165) is 17.7 Å². The molecule has 1 rings (SSSR count). The van der Waals surface area contributed by atoms with E-state index in [2.05, 4.69) is 0 Å². The standard InChI is InChI=1S/C11H12NO/c1-8(2)11-4-3-9(6-12)5-10(11)7-13/h3-5,7-8,13H,1-2H3. The van der Waals surface area contributed by atoms with Crippen LogP contribution in [0.5, 0.6) is 0 Å². The van der Waals surface area contributed by atoms with Crippen molar-refractivity contribution in [3.05, 3.63) is 41.5 Å². The van der Waals surface area contributed by atoms with Gasteiger partial charge in [-0.3, -0.25) is 0 Å². The van der Waals surface area contributed by atoms with Crippen molar-refractivity contribution in [2.45, 2.75) is 19.8 Å². The Morgan fingerprint density at radius 2 is 2.15 bits per heavy atom. The van der Waals surface area contributed by atoms with Crippen molar-refractivity contribution in [3.8, 4) is 6.07 Å². The number of benzene rings is 1. The molecule has 0 aliphatic rings. The molecule has 0 bridgehead atoms. The number of aliphatic hydroxyl groups is 1. The molecule has 0 unspecified atom stereocenters. The monoisotopic (exact) mass is 174 g/mol. The number of aliphatic hydroxyl groups excluding tert-OH is 1. The fourth-order valence-corrected chi connectivity index (χ4v) is 1.28. The maximum absolute atomic E-state index is 8.95. The first kappa shape index (κ1) is 9.76. The van der Waals surface area contributed by atoms with Gasteiger partial charge >= 0.3 is 0 Å². The van der Waals surface area contributed by atoms with Gasteiger partial charge in [-0.1, -0.05) is 19.9 Å². The van der Waals surface area contributed by atoms with Crippen molar-refractivity contribution in [1.29, 1.82) is 5.26 Å². The maximum Gasteiger partial charge on any atom is 0.109 e. The second kappa shape index (κ2) is 4.06. The minimum absolute atomic E-state index is 0.353. The second-order valence-electron chi connectivity index (χ2n) is 3.24. The summed E-state index contributed by atoms with van der Waals surface area (Å²) in [5.41, 5.74) is 2.36. The van der Waals surface area contributed by atoms with E-state index in [9.17, 15) is 0 Å². The van der Waals surface area contributed by atoms with Crippen LogP contribution in [0.1, 0.15) is 36.5 Å². The molecule has 0 spiro atoms. The third-order valence-corrected chi connectivity index (χ3v) is 1.98. The van der Waals surface area contributed by atoms with E-state index in [1.165, 1.54) is 0 Å². The largest absolute Gasteiger partial charge is 0.385 e. The van der Waals surface area contributed by atoms with Crippen LogP contribution in [0.15, 0.2) is 18.2 Å². The first-order valence-corrected chi connectivity index (χ1v) is 4.20. The summed E-state index contributed by atoms with van der Waals surface area (Å²) in [6.07, 6.45) is 0. The molecule has 1 radical (unpaired) electrons. The lowest BCUT2D eigenvalue weighted by molar-refractivity contribution is 0.413. The summed E-state index contributed by atoms with van der Waals surface area (Å²) in [7, 11) is 0. The summed E-state index contributed by atoms with van der Waals surface area (Å²) in [6, 6.07) is 7.37. The molecule has 13 heavy (non-hydrogen) atoms. The fourth-order valence-electron chi connectivity index (χ4n) is 1.28. The molecular weight excluding hydrogens is 162 g/mol. The van der Waals surface area contributed by atoms with Crippen LogP contribution in [0.4, 0.5) is 0 Å². The van der Waals surface area contributed by atoms with Crippen LogP contribution in [-0.4, -0.2) is 5.11 Å².